The van der Waals surface area contributed by atoms with Gasteiger partial charge in [-0.3, -0.25) is 0 Å². The molecule has 0 heterocycles. The van der Waals surface area contributed by atoms with Crippen molar-refractivity contribution < 1.29 is 13.2 Å². The van der Waals surface area contributed by atoms with Crippen LogP contribution in [0.4, 0.5) is 13.2 Å². The van der Waals surface area contributed by atoms with E-state index in [1.807, 2.05) is 13.0 Å². The van der Waals surface area contributed by atoms with Crippen LogP contribution >= 0.6 is 0 Å². The average molecular weight is 226 g/mol. The fraction of sp³-hybridized carbons (Fsp3) is 0.385. The van der Waals surface area contributed by atoms with Crippen LogP contribution in [0, 0.1) is 24.2 Å². The summed E-state index contributed by atoms with van der Waals surface area (Å²) in [5, 5.41) is 0. The first kappa shape index (κ1) is 12.6. The molecule has 0 amide bonds. The van der Waals surface area contributed by atoms with Gasteiger partial charge in [-0.1, -0.05) is 24.0 Å². The van der Waals surface area contributed by atoms with Gasteiger partial charge in [-0.05, 0) is 38.5 Å². The smallest absolute Gasteiger partial charge is 0.169 e. The quantitative estimate of drug-likeness (QED) is 0.588. The van der Waals surface area contributed by atoms with Crippen LogP contribution in [0.2, 0.25) is 0 Å². The van der Waals surface area contributed by atoms with Gasteiger partial charge in [0.2, 0.25) is 0 Å². The number of benzene rings is 1. The van der Waals surface area contributed by atoms with E-state index in [2.05, 4.69) is 11.8 Å². The lowest BCUT2D eigenvalue weighted by atomic mass is 9.93. The molecule has 0 saturated heterocycles. The molecular formula is C13H13F3. The van der Waals surface area contributed by atoms with Gasteiger partial charge in [0.15, 0.2) is 0 Å². The van der Waals surface area contributed by atoms with Crippen molar-refractivity contribution in [3.63, 3.8) is 0 Å². The minimum atomic E-state index is -4.30. The van der Waals surface area contributed by atoms with Crippen LogP contribution in [-0.4, -0.2) is 6.18 Å². The van der Waals surface area contributed by atoms with Crippen molar-refractivity contribution in [1.82, 2.24) is 0 Å². The summed E-state index contributed by atoms with van der Waals surface area (Å²) in [5.74, 6) is 4.83. The van der Waals surface area contributed by atoms with Gasteiger partial charge >= 0.3 is 6.18 Å². The summed E-state index contributed by atoms with van der Waals surface area (Å²) in [7, 11) is 0. The van der Waals surface area contributed by atoms with Crippen molar-refractivity contribution in [2.45, 2.75) is 26.9 Å². The molecule has 0 spiro atoms. The van der Waals surface area contributed by atoms with Crippen molar-refractivity contribution >= 4 is 0 Å². The molecule has 0 bridgehead atoms. The molecule has 1 aromatic carbocycles. The molecule has 0 aliphatic heterocycles. The first-order valence-electron chi connectivity index (χ1n) is 4.89. The van der Waals surface area contributed by atoms with Crippen LogP contribution in [0.5, 0.6) is 0 Å². The highest BCUT2D eigenvalue weighted by Gasteiger charge is 2.46. The molecular weight excluding hydrogens is 213 g/mol. The van der Waals surface area contributed by atoms with Crippen LogP contribution in [0.25, 0.3) is 0 Å². The van der Waals surface area contributed by atoms with E-state index in [-0.39, 0.29) is 0 Å². The Morgan fingerprint density at radius 2 is 1.75 bits per heavy atom. The summed E-state index contributed by atoms with van der Waals surface area (Å²) < 4.78 is 37.5. The molecule has 0 atom stereocenters. The van der Waals surface area contributed by atoms with Crippen molar-refractivity contribution in [1.29, 1.82) is 0 Å². The number of aryl methyl sites for hydroxylation is 1. The second-order valence-electron chi connectivity index (χ2n) is 4.24. The first-order chi connectivity index (χ1) is 7.22. The molecule has 0 radical (unpaired) electrons. The minimum absolute atomic E-state index is 0.609. The third kappa shape index (κ3) is 3.03. The van der Waals surface area contributed by atoms with Gasteiger partial charge < -0.3 is 0 Å². The van der Waals surface area contributed by atoms with Gasteiger partial charge in [0.05, 0.1) is 0 Å². The van der Waals surface area contributed by atoms with Crippen LogP contribution in [0.15, 0.2) is 24.3 Å². The van der Waals surface area contributed by atoms with E-state index in [0.717, 1.165) is 19.4 Å². The van der Waals surface area contributed by atoms with Crippen LogP contribution in [-0.2, 0) is 0 Å². The zero-order chi connectivity index (χ0) is 12.4. The lowest BCUT2D eigenvalue weighted by Crippen LogP contribution is -2.30. The Morgan fingerprint density at radius 3 is 2.25 bits per heavy atom. The van der Waals surface area contributed by atoms with E-state index >= 15 is 0 Å². The molecule has 3 heteroatoms. The summed E-state index contributed by atoms with van der Waals surface area (Å²) in [6, 6.07) is 7.12. The number of alkyl halides is 3. The van der Waals surface area contributed by atoms with Crippen molar-refractivity contribution in [2.24, 2.45) is 5.41 Å². The Bertz CT molecular complexity index is 430. The Kier molecular flexibility index (Phi) is 3.32. The average Bonchev–Trinajstić information content (AvgIpc) is 2.13. The van der Waals surface area contributed by atoms with Gasteiger partial charge in [0, 0.05) is 5.56 Å². The molecule has 0 aliphatic rings. The van der Waals surface area contributed by atoms with E-state index in [1.165, 1.54) is 0 Å². The van der Waals surface area contributed by atoms with Crippen LogP contribution in [0.3, 0.4) is 0 Å². The summed E-state index contributed by atoms with van der Waals surface area (Å²) >= 11 is 0. The van der Waals surface area contributed by atoms with Gasteiger partial charge in [-0.15, -0.1) is 0 Å². The van der Waals surface area contributed by atoms with Crippen LogP contribution in [0.1, 0.15) is 25.0 Å². The maximum Gasteiger partial charge on any atom is 0.404 e. The lowest BCUT2D eigenvalue weighted by Gasteiger charge is -2.21. The highest BCUT2D eigenvalue weighted by Crippen LogP contribution is 2.36. The maximum atomic E-state index is 12.5. The molecule has 1 rings (SSSR count). The van der Waals surface area contributed by atoms with Gasteiger partial charge in [0.1, 0.15) is 5.41 Å². The van der Waals surface area contributed by atoms with E-state index in [4.69, 9.17) is 0 Å². The molecule has 1 aromatic rings. The molecule has 0 aromatic heterocycles. The molecule has 0 N–H and O–H groups in total. The molecule has 0 fully saturated rings. The number of halogens is 3. The Balaban J connectivity index is 2.99. The maximum absolute atomic E-state index is 12.5. The van der Waals surface area contributed by atoms with E-state index < -0.39 is 11.6 Å². The molecule has 0 unspecified atom stereocenters. The first-order valence-corrected chi connectivity index (χ1v) is 4.89. The third-order valence-electron chi connectivity index (χ3n) is 2.25. The van der Waals surface area contributed by atoms with Crippen molar-refractivity contribution in [2.75, 3.05) is 0 Å². The highest BCUT2D eigenvalue weighted by atomic mass is 19.4. The number of rotatable bonds is 0. The van der Waals surface area contributed by atoms with E-state index in [0.29, 0.717) is 5.56 Å². The molecule has 16 heavy (non-hydrogen) atoms. The summed E-state index contributed by atoms with van der Waals surface area (Å²) in [4.78, 5) is 0. The Morgan fingerprint density at radius 1 is 1.12 bits per heavy atom. The monoisotopic (exact) mass is 226 g/mol. The zero-order valence-corrected chi connectivity index (χ0v) is 9.44. The van der Waals surface area contributed by atoms with E-state index in [9.17, 15) is 13.2 Å². The van der Waals surface area contributed by atoms with Crippen molar-refractivity contribution in [3.8, 4) is 11.8 Å². The second kappa shape index (κ2) is 4.21. The van der Waals surface area contributed by atoms with E-state index in [1.54, 1.807) is 18.2 Å². The third-order valence-corrected chi connectivity index (χ3v) is 2.25. The lowest BCUT2D eigenvalue weighted by molar-refractivity contribution is -0.190. The SMILES string of the molecule is Cc1cccc(C#CC(C)(C)C(F)(F)F)c1. The number of hydrogen-bond acceptors (Lipinski definition) is 0. The largest absolute Gasteiger partial charge is 0.404 e. The minimum Gasteiger partial charge on any atom is -0.169 e. The molecule has 86 valence electrons. The summed E-state index contributed by atoms with van der Waals surface area (Å²) in [6.07, 6.45) is -4.30. The van der Waals surface area contributed by atoms with Crippen LogP contribution < -0.4 is 0 Å². The topological polar surface area (TPSA) is 0 Å². The summed E-state index contributed by atoms with van der Waals surface area (Å²) in [5.41, 5.74) is -0.384. The number of hydrogen-bond donors (Lipinski definition) is 0. The highest BCUT2D eigenvalue weighted by molar-refractivity contribution is 5.38. The van der Waals surface area contributed by atoms with Gasteiger partial charge in [-0.2, -0.15) is 13.2 Å². The Hall–Kier alpha value is -1.43. The fourth-order valence-corrected chi connectivity index (χ4v) is 1.02. The predicted molar refractivity (Wildman–Crippen MR) is 57.9 cm³/mol. The molecule has 0 nitrogen and oxygen atoms in total. The Labute approximate surface area is 93.5 Å². The van der Waals surface area contributed by atoms with Gasteiger partial charge in [-0.25, -0.2) is 0 Å². The second-order valence-corrected chi connectivity index (χ2v) is 4.24. The normalized spacial score (nSPS) is 11.9. The molecule has 0 saturated carbocycles. The van der Waals surface area contributed by atoms with Gasteiger partial charge in [0.25, 0.3) is 0 Å². The zero-order valence-electron chi connectivity index (χ0n) is 9.44. The molecule has 0 aliphatic carbocycles. The standard InChI is InChI=1S/C13H13F3/c1-10-5-4-6-11(9-10)7-8-12(2,3)13(14,15)16/h4-6,9H,1-3H3. The fourth-order valence-electron chi connectivity index (χ4n) is 1.02. The predicted octanol–water partition coefficient (Wildman–Crippen LogP) is 3.94. The summed E-state index contributed by atoms with van der Waals surface area (Å²) in [6.45, 7) is 4.03. The van der Waals surface area contributed by atoms with Crippen molar-refractivity contribution in [3.05, 3.63) is 35.4 Å².